The number of pyridine rings is 1. The SMILES string of the molecule is CCCCN(CCCC)c1ccc2nc(NCCC(N)=O)n(CCCN3CCCCC3)c2n1. The number of unbranched alkanes of at least 4 members (excludes halogenated alkanes) is 2. The number of likely N-dealkylation sites (tertiary alicyclic amines) is 1. The molecule has 184 valence electrons. The zero-order valence-electron chi connectivity index (χ0n) is 20.7. The highest BCUT2D eigenvalue weighted by molar-refractivity contribution is 5.77. The minimum Gasteiger partial charge on any atom is -0.370 e. The van der Waals surface area contributed by atoms with Gasteiger partial charge in [-0.3, -0.25) is 9.36 Å². The van der Waals surface area contributed by atoms with Crippen LogP contribution in [0.2, 0.25) is 0 Å². The molecule has 1 saturated heterocycles. The van der Waals surface area contributed by atoms with Crippen molar-refractivity contribution in [1.82, 2.24) is 19.4 Å². The molecule has 0 spiro atoms. The van der Waals surface area contributed by atoms with Gasteiger partial charge in [0.25, 0.3) is 0 Å². The van der Waals surface area contributed by atoms with Crippen LogP contribution in [0.3, 0.4) is 0 Å². The fourth-order valence-corrected chi connectivity index (χ4v) is 4.49. The minimum absolute atomic E-state index is 0.289. The Morgan fingerprint density at radius 2 is 1.76 bits per heavy atom. The number of carbonyl (C=O) groups is 1. The first kappa shape index (κ1) is 25.3. The zero-order chi connectivity index (χ0) is 23.5. The van der Waals surface area contributed by atoms with Gasteiger partial charge in [-0.1, -0.05) is 33.1 Å². The maximum Gasteiger partial charge on any atom is 0.219 e. The smallest absolute Gasteiger partial charge is 0.219 e. The Labute approximate surface area is 198 Å². The maximum absolute atomic E-state index is 11.2. The highest BCUT2D eigenvalue weighted by Crippen LogP contribution is 2.23. The van der Waals surface area contributed by atoms with E-state index in [0.29, 0.717) is 6.54 Å². The molecule has 1 amide bonds. The van der Waals surface area contributed by atoms with Crippen LogP contribution in [0.15, 0.2) is 12.1 Å². The number of primary amides is 1. The van der Waals surface area contributed by atoms with Gasteiger partial charge >= 0.3 is 0 Å². The molecule has 3 rings (SSSR count). The van der Waals surface area contributed by atoms with Crippen molar-refractivity contribution in [3.63, 3.8) is 0 Å². The normalized spacial score (nSPS) is 14.6. The number of amides is 1. The van der Waals surface area contributed by atoms with Gasteiger partial charge in [0, 0.05) is 32.6 Å². The van der Waals surface area contributed by atoms with Crippen LogP contribution in [0.1, 0.15) is 71.6 Å². The molecule has 1 aliphatic rings. The Bertz CT molecular complexity index is 852. The molecule has 0 bridgehead atoms. The second-order valence-electron chi connectivity index (χ2n) is 9.19. The summed E-state index contributed by atoms with van der Waals surface area (Å²) in [6, 6.07) is 4.19. The maximum atomic E-state index is 11.2. The number of anilines is 2. The van der Waals surface area contributed by atoms with Gasteiger partial charge in [0.1, 0.15) is 11.3 Å². The molecule has 0 aliphatic carbocycles. The van der Waals surface area contributed by atoms with Crippen LogP contribution in [0.5, 0.6) is 0 Å². The van der Waals surface area contributed by atoms with Crippen LogP contribution in [-0.2, 0) is 11.3 Å². The summed E-state index contributed by atoms with van der Waals surface area (Å²) in [6.07, 6.45) is 10.00. The van der Waals surface area contributed by atoms with Crippen LogP contribution >= 0.6 is 0 Å². The number of fused-ring (bicyclic) bond motifs is 1. The number of nitrogens with two attached hydrogens (primary N) is 1. The van der Waals surface area contributed by atoms with E-state index >= 15 is 0 Å². The summed E-state index contributed by atoms with van der Waals surface area (Å²) < 4.78 is 2.20. The van der Waals surface area contributed by atoms with Gasteiger partial charge in [0.15, 0.2) is 5.65 Å². The van der Waals surface area contributed by atoms with Gasteiger partial charge in [-0.05, 0) is 63.9 Å². The monoisotopic (exact) mass is 457 g/mol. The molecule has 0 radical (unpaired) electrons. The zero-order valence-corrected chi connectivity index (χ0v) is 20.7. The fraction of sp³-hybridized carbons (Fsp3) is 0.720. The van der Waals surface area contributed by atoms with Gasteiger partial charge in [0.2, 0.25) is 11.9 Å². The van der Waals surface area contributed by atoms with Crippen LogP contribution in [0, 0.1) is 0 Å². The lowest BCUT2D eigenvalue weighted by atomic mass is 10.1. The summed E-state index contributed by atoms with van der Waals surface area (Å²) in [5, 5.41) is 3.32. The van der Waals surface area contributed by atoms with Crippen molar-refractivity contribution in [2.45, 2.75) is 78.2 Å². The number of aromatic nitrogens is 3. The number of hydrogen-bond acceptors (Lipinski definition) is 6. The molecule has 1 fully saturated rings. The van der Waals surface area contributed by atoms with Crippen molar-refractivity contribution in [2.24, 2.45) is 5.73 Å². The summed E-state index contributed by atoms with van der Waals surface area (Å²) in [6.45, 7) is 11.4. The molecule has 0 atom stereocenters. The Morgan fingerprint density at radius 3 is 2.42 bits per heavy atom. The lowest BCUT2D eigenvalue weighted by Crippen LogP contribution is -2.31. The van der Waals surface area contributed by atoms with E-state index in [1.807, 2.05) is 0 Å². The predicted molar refractivity (Wildman–Crippen MR) is 137 cm³/mol. The average molecular weight is 458 g/mol. The molecule has 0 unspecified atom stereocenters. The van der Waals surface area contributed by atoms with E-state index in [1.165, 1.54) is 58.0 Å². The van der Waals surface area contributed by atoms with Crippen LogP contribution in [0.25, 0.3) is 11.2 Å². The van der Waals surface area contributed by atoms with Crippen molar-refractivity contribution in [1.29, 1.82) is 0 Å². The second-order valence-corrected chi connectivity index (χ2v) is 9.19. The highest BCUT2D eigenvalue weighted by Gasteiger charge is 2.16. The quantitative estimate of drug-likeness (QED) is 0.420. The number of nitrogens with one attached hydrogen (secondary N) is 1. The summed E-state index contributed by atoms with van der Waals surface area (Å²) >= 11 is 0. The van der Waals surface area contributed by atoms with E-state index in [4.69, 9.17) is 15.7 Å². The molecule has 33 heavy (non-hydrogen) atoms. The molecule has 0 saturated carbocycles. The Kier molecular flexibility index (Phi) is 10.2. The molecule has 8 nitrogen and oxygen atoms in total. The van der Waals surface area contributed by atoms with Crippen LogP contribution < -0.4 is 16.0 Å². The molecule has 3 N–H and O–H groups in total. The number of imidazole rings is 1. The largest absolute Gasteiger partial charge is 0.370 e. The van der Waals surface area contributed by atoms with E-state index < -0.39 is 0 Å². The van der Waals surface area contributed by atoms with Crippen LogP contribution in [-0.4, -0.2) is 64.6 Å². The van der Waals surface area contributed by atoms with E-state index in [-0.39, 0.29) is 12.3 Å². The summed E-state index contributed by atoms with van der Waals surface area (Å²) in [5.74, 6) is 1.51. The number of carbonyl (C=O) groups excluding carboxylic acids is 1. The van der Waals surface area contributed by atoms with Crippen LogP contribution in [0.4, 0.5) is 11.8 Å². The summed E-state index contributed by atoms with van der Waals surface area (Å²) in [7, 11) is 0. The number of aryl methyl sites for hydroxylation is 1. The fourth-order valence-electron chi connectivity index (χ4n) is 4.49. The number of hydrogen-bond donors (Lipinski definition) is 2. The Morgan fingerprint density at radius 1 is 1.03 bits per heavy atom. The van der Waals surface area contributed by atoms with E-state index in [1.54, 1.807) is 0 Å². The van der Waals surface area contributed by atoms with Crippen molar-refractivity contribution in [2.75, 3.05) is 49.5 Å². The molecule has 3 heterocycles. The molecule has 1 aliphatic heterocycles. The van der Waals surface area contributed by atoms with E-state index in [2.05, 4.69) is 45.7 Å². The van der Waals surface area contributed by atoms with E-state index in [0.717, 1.165) is 55.5 Å². The van der Waals surface area contributed by atoms with Gasteiger partial charge in [-0.25, -0.2) is 9.97 Å². The lowest BCUT2D eigenvalue weighted by molar-refractivity contribution is -0.117. The third-order valence-corrected chi connectivity index (χ3v) is 6.42. The summed E-state index contributed by atoms with van der Waals surface area (Å²) in [4.78, 5) is 26.1. The molecule has 0 aromatic carbocycles. The average Bonchev–Trinajstić information content (AvgIpc) is 3.16. The minimum atomic E-state index is -0.307. The molecule has 2 aromatic heterocycles. The number of nitrogens with zero attached hydrogens (tertiary/aromatic N) is 5. The third-order valence-electron chi connectivity index (χ3n) is 6.42. The molecular weight excluding hydrogens is 414 g/mol. The van der Waals surface area contributed by atoms with Crippen molar-refractivity contribution < 1.29 is 4.79 Å². The first-order chi connectivity index (χ1) is 16.1. The van der Waals surface area contributed by atoms with Gasteiger partial charge in [-0.15, -0.1) is 0 Å². The Balaban J connectivity index is 1.81. The topological polar surface area (TPSA) is 92.3 Å². The van der Waals surface area contributed by atoms with Crippen molar-refractivity contribution >= 4 is 28.8 Å². The lowest BCUT2D eigenvalue weighted by Gasteiger charge is -2.26. The van der Waals surface area contributed by atoms with E-state index in [9.17, 15) is 4.79 Å². The Hall–Kier alpha value is -2.35. The molecular formula is C25H43N7O. The van der Waals surface area contributed by atoms with Gasteiger partial charge < -0.3 is 20.9 Å². The van der Waals surface area contributed by atoms with Gasteiger partial charge in [-0.2, -0.15) is 0 Å². The van der Waals surface area contributed by atoms with Crippen molar-refractivity contribution in [3.05, 3.63) is 12.1 Å². The van der Waals surface area contributed by atoms with Gasteiger partial charge in [0.05, 0.1) is 0 Å². The second kappa shape index (κ2) is 13.4. The first-order valence-electron chi connectivity index (χ1n) is 13.0. The highest BCUT2D eigenvalue weighted by atomic mass is 16.1. The summed E-state index contributed by atoms with van der Waals surface area (Å²) in [5.41, 5.74) is 7.15. The molecule has 8 heteroatoms. The number of rotatable bonds is 15. The van der Waals surface area contributed by atoms with Crippen molar-refractivity contribution in [3.8, 4) is 0 Å². The standard InChI is InChI=1S/C25H43N7O/c1-3-5-18-31(19-6-4-2)23-12-11-21-24(29-23)32(25(28-21)27-14-13-22(26)33)20-10-17-30-15-8-7-9-16-30/h11-12H,3-10,13-20H2,1-2H3,(H2,26,33)(H,27,28). The molecule has 2 aromatic rings. The third kappa shape index (κ3) is 7.59. The number of piperidine rings is 1. The first-order valence-corrected chi connectivity index (χ1v) is 13.0. The predicted octanol–water partition coefficient (Wildman–Crippen LogP) is 4.00.